The molecule has 2 aromatic heterocycles. The Bertz CT molecular complexity index is 1720. The molecule has 162 valence electrons. The maximum Gasteiger partial charge on any atom is 0.146 e. The third-order valence-corrected chi connectivity index (χ3v) is 10.8. The van der Waals surface area contributed by atoms with Crippen molar-refractivity contribution in [3.63, 3.8) is 0 Å². The van der Waals surface area contributed by atoms with Gasteiger partial charge in [-0.3, -0.25) is 4.40 Å². The molecule has 0 bridgehead atoms. The van der Waals surface area contributed by atoms with Crippen molar-refractivity contribution in [2.45, 2.75) is 23.3 Å². The zero-order chi connectivity index (χ0) is 22.5. The minimum Gasteiger partial charge on any atom is -0.291 e. The van der Waals surface area contributed by atoms with Crippen molar-refractivity contribution in [2.75, 3.05) is 0 Å². The second kappa shape index (κ2) is 6.73. The van der Waals surface area contributed by atoms with Crippen LogP contribution in [0.5, 0.6) is 0 Å². The summed E-state index contributed by atoms with van der Waals surface area (Å²) >= 11 is 16.8. The number of hydrogen-bond acceptors (Lipinski definition) is 3. The smallest absolute Gasteiger partial charge is 0.146 e. The molecule has 0 fully saturated rings. The fourth-order valence-corrected chi connectivity index (χ4v) is 9.16. The van der Waals surface area contributed by atoms with Crippen molar-refractivity contribution >= 4 is 74.3 Å². The summed E-state index contributed by atoms with van der Waals surface area (Å²) < 4.78 is 3.42. The number of hydrogen-bond donors (Lipinski definition) is 0. The van der Waals surface area contributed by atoms with Crippen LogP contribution in [0.4, 0.5) is 0 Å². The number of allylic oxidation sites excluding steroid dienone is 2. The molecule has 4 heterocycles. The van der Waals surface area contributed by atoms with Gasteiger partial charge in [-0.2, -0.15) is 0 Å². The average molecular weight is 505 g/mol. The summed E-state index contributed by atoms with van der Waals surface area (Å²) in [5, 5.41) is 4.44. The van der Waals surface area contributed by atoms with Gasteiger partial charge in [0.1, 0.15) is 5.65 Å². The summed E-state index contributed by atoms with van der Waals surface area (Å²) in [6.45, 7) is 4.57. The minimum atomic E-state index is -0.264. The van der Waals surface area contributed by atoms with Gasteiger partial charge >= 0.3 is 0 Å². The van der Waals surface area contributed by atoms with Crippen molar-refractivity contribution in [2.24, 2.45) is 0 Å². The first kappa shape index (κ1) is 20.3. The Morgan fingerprint density at radius 2 is 1.45 bits per heavy atom. The van der Waals surface area contributed by atoms with Gasteiger partial charge in [-0.05, 0) is 54.2 Å². The molecule has 2 atom stereocenters. The molecule has 4 aromatic rings. The van der Waals surface area contributed by atoms with Crippen LogP contribution in [0.1, 0.15) is 13.8 Å². The van der Waals surface area contributed by atoms with Crippen LogP contribution >= 0.6 is 46.7 Å². The van der Waals surface area contributed by atoms with Crippen LogP contribution in [0.3, 0.4) is 0 Å². The van der Waals surface area contributed by atoms with E-state index >= 15 is 0 Å². The highest BCUT2D eigenvalue weighted by Gasteiger charge is 2.58. The van der Waals surface area contributed by atoms with Crippen molar-refractivity contribution in [1.82, 2.24) is 9.38 Å². The number of benzene rings is 2. The standard InChI is InChI=1S/C27H18Cl2N2S2/c1-26-18(13-21(28)32-26)23-24(19-14-22(29)33-27(19,26)2)31-20(15-8-4-3-5-9-15)12-16-10-6-7-11-17(16)25(31)30-23/h3-14H,1-2H3/t26-,27-/m1/s1. The van der Waals surface area contributed by atoms with Gasteiger partial charge in [0.05, 0.1) is 34.6 Å². The van der Waals surface area contributed by atoms with E-state index in [1.807, 2.05) is 0 Å². The third kappa shape index (κ3) is 2.53. The molecule has 0 unspecified atom stereocenters. The summed E-state index contributed by atoms with van der Waals surface area (Å²) in [7, 11) is 0. The SMILES string of the molecule is C[C@@]12SC(Cl)=CC1=c1nc3c4ccccc4cc(-c4ccccc4)n3c1=C1C=C(Cl)S[C@]12C. The first-order valence-electron chi connectivity index (χ1n) is 10.8. The molecule has 0 saturated heterocycles. The van der Waals surface area contributed by atoms with Crippen LogP contribution in [0.25, 0.3) is 38.8 Å². The predicted octanol–water partition coefficient (Wildman–Crippen LogP) is 6.64. The monoisotopic (exact) mass is 504 g/mol. The van der Waals surface area contributed by atoms with E-state index in [0.29, 0.717) is 0 Å². The van der Waals surface area contributed by atoms with Gasteiger partial charge in [-0.25, -0.2) is 4.98 Å². The second-order valence-electron chi connectivity index (χ2n) is 8.95. The van der Waals surface area contributed by atoms with Crippen LogP contribution in [0.15, 0.2) is 81.5 Å². The Hall–Kier alpha value is -2.11. The van der Waals surface area contributed by atoms with Crippen molar-refractivity contribution < 1.29 is 0 Å². The van der Waals surface area contributed by atoms with Crippen LogP contribution in [-0.2, 0) is 0 Å². The van der Waals surface area contributed by atoms with Crippen LogP contribution in [0.2, 0.25) is 0 Å². The number of rotatable bonds is 1. The number of fused-ring (bicyclic) bond motifs is 8. The maximum absolute atomic E-state index is 6.71. The number of nitrogens with zero attached hydrogens (tertiary/aromatic N) is 2. The summed E-state index contributed by atoms with van der Waals surface area (Å²) in [6.07, 6.45) is 4.24. The summed E-state index contributed by atoms with van der Waals surface area (Å²) in [4.78, 5) is 5.31. The molecule has 0 spiro atoms. The highest BCUT2D eigenvalue weighted by Crippen LogP contribution is 2.65. The zero-order valence-electron chi connectivity index (χ0n) is 17.9. The molecule has 2 aliphatic heterocycles. The number of halogens is 2. The second-order valence-corrected chi connectivity index (χ2v) is 13.1. The van der Waals surface area contributed by atoms with Gasteiger partial charge in [0, 0.05) is 5.39 Å². The molecule has 0 radical (unpaired) electrons. The number of pyridine rings is 1. The van der Waals surface area contributed by atoms with E-state index in [4.69, 9.17) is 28.2 Å². The molecule has 33 heavy (non-hydrogen) atoms. The van der Waals surface area contributed by atoms with Gasteiger partial charge in [0.25, 0.3) is 0 Å². The Morgan fingerprint density at radius 1 is 0.818 bits per heavy atom. The Kier molecular flexibility index (Phi) is 4.13. The van der Waals surface area contributed by atoms with Crippen LogP contribution in [0, 0.1) is 0 Å². The van der Waals surface area contributed by atoms with Gasteiger partial charge in [0.15, 0.2) is 0 Å². The summed E-state index contributed by atoms with van der Waals surface area (Å²) in [5.41, 5.74) is 5.64. The fraction of sp³-hybridized carbons (Fsp3) is 0.148. The topological polar surface area (TPSA) is 17.3 Å². The van der Waals surface area contributed by atoms with Gasteiger partial charge in [-0.15, -0.1) is 23.5 Å². The Morgan fingerprint density at radius 3 is 2.21 bits per heavy atom. The fourth-order valence-electron chi connectivity index (χ4n) is 5.49. The third-order valence-electron chi connectivity index (χ3n) is 7.25. The van der Waals surface area contributed by atoms with E-state index in [1.54, 1.807) is 23.5 Å². The molecule has 3 aliphatic rings. The number of thioether (sulfide) groups is 2. The molecule has 0 N–H and O–H groups in total. The minimum absolute atomic E-state index is 0.259. The number of aromatic nitrogens is 2. The molecule has 1 aliphatic carbocycles. The lowest BCUT2D eigenvalue weighted by Crippen LogP contribution is -2.54. The van der Waals surface area contributed by atoms with E-state index in [2.05, 4.69) is 91.1 Å². The van der Waals surface area contributed by atoms with E-state index < -0.39 is 0 Å². The molecule has 0 saturated carbocycles. The normalized spacial score (nSPS) is 25.8. The number of imidazole rings is 1. The predicted molar refractivity (Wildman–Crippen MR) is 144 cm³/mol. The van der Waals surface area contributed by atoms with Gasteiger partial charge in [0.2, 0.25) is 0 Å². The highest BCUT2D eigenvalue weighted by atomic mass is 35.5. The van der Waals surface area contributed by atoms with E-state index in [-0.39, 0.29) is 9.49 Å². The zero-order valence-corrected chi connectivity index (χ0v) is 21.0. The maximum atomic E-state index is 6.71. The molecule has 7 rings (SSSR count). The van der Waals surface area contributed by atoms with Crippen LogP contribution < -0.4 is 10.7 Å². The lowest BCUT2D eigenvalue weighted by Gasteiger charge is -2.43. The molecule has 0 amide bonds. The first-order valence-corrected chi connectivity index (χ1v) is 13.2. The largest absolute Gasteiger partial charge is 0.291 e. The molecular formula is C27H18Cl2N2S2. The molecule has 6 heteroatoms. The van der Waals surface area contributed by atoms with Crippen molar-refractivity contribution in [3.8, 4) is 11.3 Å². The summed E-state index contributed by atoms with van der Waals surface area (Å²) in [6, 6.07) is 21.3. The summed E-state index contributed by atoms with van der Waals surface area (Å²) in [5.74, 6) is 0. The molecule has 2 nitrogen and oxygen atoms in total. The average Bonchev–Trinajstić information content (AvgIpc) is 3.45. The highest BCUT2D eigenvalue weighted by molar-refractivity contribution is 8.11. The van der Waals surface area contributed by atoms with Crippen molar-refractivity contribution in [1.29, 1.82) is 0 Å². The van der Waals surface area contributed by atoms with Gasteiger partial charge in [-0.1, -0.05) is 77.8 Å². The first-order chi connectivity index (χ1) is 15.9. The van der Waals surface area contributed by atoms with E-state index in [9.17, 15) is 0 Å². The molecular weight excluding hydrogens is 487 g/mol. The molecule has 2 aromatic carbocycles. The van der Waals surface area contributed by atoms with Crippen molar-refractivity contribution in [3.05, 3.63) is 92.2 Å². The lowest BCUT2D eigenvalue weighted by atomic mass is 9.78. The van der Waals surface area contributed by atoms with Crippen LogP contribution in [-0.4, -0.2) is 18.9 Å². The lowest BCUT2D eigenvalue weighted by molar-refractivity contribution is 0.684. The Labute approximate surface area is 209 Å². The van der Waals surface area contributed by atoms with E-state index in [0.717, 1.165) is 41.7 Å². The van der Waals surface area contributed by atoms with Gasteiger partial charge < -0.3 is 0 Å². The van der Waals surface area contributed by atoms with E-state index in [1.165, 1.54) is 16.5 Å². The quantitative estimate of drug-likeness (QED) is 0.289. The Balaban J connectivity index is 1.81.